The first-order valence-electron chi connectivity index (χ1n) is 10.5. The fraction of sp³-hybridized carbons (Fsp3) is 0.364. The second-order valence-corrected chi connectivity index (χ2v) is 9.59. The summed E-state index contributed by atoms with van der Waals surface area (Å²) >= 11 is 2.72. The van der Waals surface area contributed by atoms with E-state index in [1.807, 2.05) is 25.2 Å². The van der Waals surface area contributed by atoms with E-state index < -0.39 is 5.91 Å². The SMILES string of the molecule is COc1cccc(OCc2nnc(SCC(=O)Nc3sc4c(c3C(N)=O)CCCC4)n2C)c1. The molecule has 174 valence electrons. The van der Waals surface area contributed by atoms with Crippen molar-refractivity contribution in [3.63, 3.8) is 0 Å². The van der Waals surface area contributed by atoms with Crippen LogP contribution in [0.5, 0.6) is 11.5 Å². The fourth-order valence-electron chi connectivity index (χ4n) is 3.64. The first-order chi connectivity index (χ1) is 16.0. The molecular weight excluding hydrogens is 462 g/mol. The van der Waals surface area contributed by atoms with Crippen molar-refractivity contribution in [2.45, 2.75) is 37.4 Å². The van der Waals surface area contributed by atoms with Gasteiger partial charge in [0.1, 0.15) is 23.1 Å². The maximum absolute atomic E-state index is 12.6. The molecule has 0 fully saturated rings. The lowest BCUT2D eigenvalue weighted by atomic mass is 9.95. The number of hydrogen-bond acceptors (Lipinski definition) is 8. The lowest BCUT2D eigenvalue weighted by Gasteiger charge is -2.11. The number of fused-ring (bicyclic) bond motifs is 1. The van der Waals surface area contributed by atoms with E-state index in [9.17, 15) is 9.59 Å². The van der Waals surface area contributed by atoms with Crippen molar-refractivity contribution in [2.24, 2.45) is 12.8 Å². The van der Waals surface area contributed by atoms with E-state index in [-0.39, 0.29) is 18.3 Å². The average molecular weight is 488 g/mol. The summed E-state index contributed by atoms with van der Waals surface area (Å²) in [5, 5.41) is 12.3. The topological polar surface area (TPSA) is 121 Å². The summed E-state index contributed by atoms with van der Waals surface area (Å²) in [6, 6.07) is 7.31. The van der Waals surface area contributed by atoms with Crippen LogP contribution < -0.4 is 20.5 Å². The number of methoxy groups -OCH3 is 1. The van der Waals surface area contributed by atoms with Gasteiger partial charge in [0.25, 0.3) is 5.91 Å². The zero-order valence-electron chi connectivity index (χ0n) is 18.4. The van der Waals surface area contributed by atoms with Crippen LogP contribution in [0.1, 0.15) is 39.5 Å². The third-order valence-electron chi connectivity index (χ3n) is 5.34. The molecular formula is C22H25N5O4S2. The highest BCUT2D eigenvalue weighted by Gasteiger charge is 2.25. The van der Waals surface area contributed by atoms with Crippen molar-refractivity contribution in [3.8, 4) is 11.5 Å². The Labute approximate surface area is 199 Å². The van der Waals surface area contributed by atoms with Crippen LogP contribution in [-0.2, 0) is 31.3 Å². The largest absolute Gasteiger partial charge is 0.497 e. The molecule has 1 aromatic carbocycles. The van der Waals surface area contributed by atoms with Gasteiger partial charge in [-0.15, -0.1) is 21.5 Å². The van der Waals surface area contributed by atoms with Crippen molar-refractivity contribution < 1.29 is 19.1 Å². The number of nitrogens with zero attached hydrogens (tertiary/aromatic N) is 3. The molecule has 0 spiro atoms. The summed E-state index contributed by atoms with van der Waals surface area (Å²) in [4.78, 5) is 25.7. The molecule has 0 saturated heterocycles. The molecule has 0 saturated carbocycles. The Morgan fingerprint density at radius 3 is 2.82 bits per heavy atom. The van der Waals surface area contributed by atoms with E-state index in [1.54, 1.807) is 17.7 Å². The first-order valence-corrected chi connectivity index (χ1v) is 12.3. The summed E-state index contributed by atoms with van der Waals surface area (Å²) in [7, 11) is 3.42. The number of ether oxygens (including phenoxy) is 2. The van der Waals surface area contributed by atoms with Crippen LogP contribution >= 0.6 is 23.1 Å². The van der Waals surface area contributed by atoms with Crippen LogP contribution in [0.15, 0.2) is 29.4 Å². The Hall–Kier alpha value is -3.05. The molecule has 9 nitrogen and oxygen atoms in total. The van der Waals surface area contributed by atoms with Gasteiger partial charge in [0, 0.05) is 18.0 Å². The van der Waals surface area contributed by atoms with E-state index in [0.717, 1.165) is 36.1 Å². The Balaban J connectivity index is 1.35. The van der Waals surface area contributed by atoms with Crippen LogP contribution in [0.2, 0.25) is 0 Å². The molecule has 2 amide bonds. The quantitative estimate of drug-likeness (QED) is 0.445. The van der Waals surface area contributed by atoms with Crippen LogP contribution in [0.3, 0.4) is 0 Å². The molecule has 0 aliphatic heterocycles. The summed E-state index contributed by atoms with van der Waals surface area (Å²) < 4.78 is 12.8. The summed E-state index contributed by atoms with van der Waals surface area (Å²) in [6.45, 7) is 0.228. The molecule has 3 N–H and O–H groups in total. The number of amides is 2. The molecule has 0 atom stereocenters. The Bertz CT molecular complexity index is 1170. The predicted octanol–water partition coefficient (Wildman–Crippen LogP) is 3.17. The van der Waals surface area contributed by atoms with E-state index in [1.165, 1.54) is 23.1 Å². The van der Waals surface area contributed by atoms with Gasteiger partial charge in [0.15, 0.2) is 11.0 Å². The number of thiophene rings is 1. The number of benzene rings is 1. The van der Waals surface area contributed by atoms with Crippen LogP contribution in [-0.4, -0.2) is 39.4 Å². The highest BCUT2D eigenvalue weighted by Crippen LogP contribution is 2.38. The minimum Gasteiger partial charge on any atom is -0.497 e. The van der Waals surface area contributed by atoms with Gasteiger partial charge in [0.05, 0.1) is 18.4 Å². The number of hydrogen-bond donors (Lipinski definition) is 2. The minimum absolute atomic E-state index is 0.128. The molecule has 1 aliphatic rings. The number of thioether (sulfide) groups is 1. The maximum atomic E-state index is 12.6. The summed E-state index contributed by atoms with van der Waals surface area (Å²) in [6.07, 6.45) is 3.87. The molecule has 33 heavy (non-hydrogen) atoms. The molecule has 3 aromatic rings. The van der Waals surface area contributed by atoms with Gasteiger partial charge >= 0.3 is 0 Å². The third-order valence-corrected chi connectivity index (χ3v) is 7.56. The van der Waals surface area contributed by atoms with Gasteiger partial charge < -0.3 is 25.1 Å². The van der Waals surface area contributed by atoms with Gasteiger partial charge in [-0.05, 0) is 43.4 Å². The number of aryl methyl sites for hydroxylation is 1. The zero-order chi connectivity index (χ0) is 23.4. The highest BCUT2D eigenvalue weighted by atomic mass is 32.2. The minimum atomic E-state index is -0.494. The second kappa shape index (κ2) is 10.3. The van der Waals surface area contributed by atoms with Gasteiger partial charge in [-0.1, -0.05) is 17.8 Å². The van der Waals surface area contributed by atoms with Crippen molar-refractivity contribution >= 4 is 39.9 Å². The molecule has 1 aliphatic carbocycles. The van der Waals surface area contributed by atoms with Gasteiger partial charge in [-0.2, -0.15) is 0 Å². The van der Waals surface area contributed by atoms with Crippen molar-refractivity contribution in [2.75, 3.05) is 18.2 Å². The van der Waals surface area contributed by atoms with E-state index in [0.29, 0.717) is 33.0 Å². The summed E-state index contributed by atoms with van der Waals surface area (Å²) in [5.74, 6) is 1.41. The fourth-order valence-corrected chi connectivity index (χ4v) is 5.68. The lowest BCUT2D eigenvalue weighted by molar-refractivity contribution is -0.113. The predicted molar refractivity (Wildman–Crippen MR) is 127 cm³/mol. The van der Waals surface area contributed by atoms with E-state index >= 15 is 0 Å². The monoisotopic (exact) mass is 487 g/mol. The smallest absolute Gasteiger partial charge is 0.251 e. The highest BCUT2D eigenvalue weighted by molar-refractivity contribution is 7.99. The second-order valence-electron chi connectivity index (χ2n) is 7.54. The molecule has 0 radical (unpaired) electrons. The number of anilines is 1. The van der Waals surface area contributed by atoms with E-state index in [2.05, 4.69) is 15.5 Å². The van der Waals surface area contributed by atoms with Crippen molar-refractivity contribution in [3.05, 3.63) is 46.1 Å². The lowest BCUT2D eigenvalue weighted by Crippen LogP contribution is -2.19. The first kappa shape index (κ1) is 23.1. The number of carbonyl (C=O) groups excluding carboxylic acids is 2. The normalized spacial score (nSPS) is 12.8. The number of nitrogens with two attached hydrogens (primary N) is 1. The van der Waals surface area contributed by atoms with Crippen molar-refractivity contribution in [1.82, 2.24) is 14.8 Å². The molecule has 0 unspecified atom stereocenters. The maximum Gasteiger partial charge on any atom is 0.251 e. The molecule has 0 bridgehead atoms. The molecule has 4 rings (SSSR count). The zero-order valence-corrected chi connectivity index (χ0v) is 20.1. The van der Waals surface area contributed by atoms with Gasteiger partial charge in [-0.3, -0.25) is 9.59 Å². The molecule has 2 heterocycles. The number of primary amides is 1. The van der Waals surface area contributed by atoms with Crippen LogP contribution in [0, 0.1) is 0 Å². The molecule has 11 heteroatoms. The Kier molecular flexibility index (Phi) is 7.19. The van der Waals surface area contributed by atoms with Crippen LogP contribution in [0.4, 0.5) is 5.00 Å². The average Bonchev–Trinajstić information content (AvgIpc) is 3.35. The van der Waals surface area contributed by atoms with Gasteiger partial charge in [0.2, 0.25) is 5.91 Å². The molecule has 2 aromatic heterocycles. The number of carbonyl (C=O) groups is 2. The Morgan fingerprint density at radius 1 is 1.24 bits per heavy atom. The standard InChI is InChI=1S/C22H25N5O4S2/c1-27-17(11-31-14-7-5-6-13(10-14)30-2)25-26-22(27)32-12-18(28)24-21-19(20(23)29)15-8-3-4-9-16(15)33-21/h5-7,10H,3-4,8-9,11-12H2,1-2H3,(H2,23,29)(H,24,28). The van der Waals surface area contributed by atoms with Gasteiger partial charge in [-0.25, -0.2) is 0 Å². The third kappa shape index (κ3) is 5.31. The van der Waals surface area contributed by atoms with Crippen molar-refractivity contribution in [1.29, 1.82) is 0 Å². The number of aromatic nitrogens is 3. The summed E-state index contributed by atoms with van der Waals surface area (Å²) in [5.41, 5.74) is 7.06. The Morgan fingerprint density at radius 2 is 2.03 bits per heavy atom. The van der Waals surface area contributed by atoms with E-state index in [4.69, 9.17) is 15.2 Å². The number of rotatable bonds is 9. The van der Waals surface area contributed by atoms with Crippen LogP contribution in [0.25, 0.3) is 0 Å². The number of nitrogens with one attached hydrogen (secondary N) is 1.